The van der Waals surface area contributed by atoms with Gasteiger partial charge in [0.15, 0.2) is 6.10 Å². The van der Waals surface area contributed by atoms with E-state index in [2.05, 4.69) is 21.2 Å². The molecule has 2 rings (SSSR count). The highest BCUT2D eigenvalue weighted by atomic mass is 79.9. The van der Waals surface area contributed by atoms with E-state index in [1.54, 1.807) is 12.1 Å². The third-order valence-electron chi connectivity index (χ3n) is 3.03. The molecule has 0 radical (unpaired) electrons. The van der Waals surface area contributed by atoms with E-state index in [1.165, 1.54) is 0 Å². The molecule has 1 amide bonds. The van der Waals surface area contributed by atoms with Crippen molar-refractivity contribution in [2.75, 3.05) is 5.32 Å². The van der Waals surface area contributed by atoms with Crippen molar-refractivity contribution in [2.24, 2.45) is 0 Å². The fourth-order valence-corrected chi connectivity index (χ4v) is 2.28. The first-order chi connectivity index (χ1) is 8.97. The minimum absolute atomic E-state index is 0.306. The molecular weight excluding hydrogens is 314 g/mol. The van der Waals surface area contributed by atoms with Crippen LogP contribution >= 0.6 is 15.9 Å². The van der Waals surface area contributed by atoms with Gasteiger partial charge in [-0.25, -0.2) is 4.79 Å². The van der Waals surface area contributed by atoms with Crippen molar-refractivity contribution in [1.82, 2.24) is 0 Å². The van der Waals surface area contributed by atoms with Crippen LogP contribution in [-0.2, 0) is 14.3 Å². The average molecular weight is 328 g/mol. The number of carbonyl (C=O) groups is 2. The summed E-state index contributed by atoms with van der Waals surface area (Å²) in [5, 5.41) is 11.5. The van der Waals surface area contributed by atoms with Gasteiger partial charge < -0.3 is 15.2 Å². The van der Waals surface area contributed by atoms with E-state index < -0.39 is 18.2 Å². The first kappa shape index (κ1) is 14.0. The molecule has 1 aliphatic rings. The minimum Gasteiger partial charge on any atom is -0.479 e. The van der Waals surface area contributed by atoms with Gasteiger partial charge in [-0.2, -0.15) is 0 Å². The number of aliphatic carboxylic acids is 1. The van der Waals surface area contributed by atoms with Gasteiger partial charge in [0.05, 0.1) is 0 Å². The molecule has 1 heterocycles. The van der Waals surface area contributed by atoms with Crippen molar-refractivity contribution in [3.05, 3.63) is 28.2 Å². The lowest BCUT2D eigenvalue weighted by Crippen LogP contribution is -2.29. The molecule has 2 atom stereocenters. The highest BCUT2D eigenvalue weighted by Gasteiger charge is 2.34. The number of benzene rings is 1. The smallest absolute Gasteiger partial charge is 0.332 e. The molecule has 1 saturated heterocycles. The maximum Gasteiger partial charge on any atom is 0.332 e. The number of ether oxygens (including phenoxy) is 1. The minimum atomic E-state index is -1.02. The van der Waals surface area contributed by atoms with Gasteiger partial charge in [-0.1, -0.05) is 22.0 Å². The lowest BCUT2D eigenvalue weighted by atomic mass is 10.2. The summed E-state index contributed by atoms with van der Waals surface area (Å²) in [4.78, 5) is 22.7. The molecule has 0 bridgehead atoms. The van der Waals surface area contributed by atoms with Crippen LogP contribution in [-0.4, -0.2) is 29.2 Å². The van der Waals surface area contributed by atoms with E-state index in [4.69, 9.17) is 9.84 Å². The first-order valence-corrected chi connectivity index (χ1v) is 6.72. The summed E-state index contributed by atoms with van der Waals surface area (Å²) >= 11 is 3.39. The van der Waals surface area contributed by atoms with E-state index in [0.717, 1.165) is 10.0 Å². The predicted molar refractivity (Wildman–Crippen MR) is 73.0 cm³/mol. The van der Waals surface area contributed by atoms with Crippen LogP contribution in [0.3, 0.4) is 0 Å². The fourth-order valence-electron chi connectivity index (χ4n) is 1.91. The van der Waals surface area contributed by atoms with Crippen molar-refractivity contribution < 1.29 is 19.4 Å². The van der Waals surface area contributed by atoms with Gasteiger partial charge in [0, 0.05) is 10.2 Å². The first-order valence-electron chi connectivity index (χ1n) is 5.92. The maximum absolute atomic E-state index is 11.9. The van der Waals surface area contributed by atoms with Crippen molar-refractivity contribution in [2.45, 2.75) is 32.0 Å². The second kappa shape index (κ2) is 5.71. The quantitative estimate of drug-likeness (QED) is 0.893. The lowest BCUT2D eigenvalue weighted by Gasteiger charge is -2.12. The van der Waals surface area contributed by atoms with Crippen LogP contribution in [0.15, 0.2) is 22.7 Å². The molecule has 19 heavy (non-hydrogen) atoms. The number of halogens is 1. The molecule has 5 nitrogen and oxygen atoms in total. The van der Waals surface area contributed by atoms with Crippen molar-refractivity contribution >= 4 is 33.5 Å². The topological polar surface area (TPSA) is 75.6 Å². The second-order valence-corrected chi connectivity index (χ2v) is 5.34. The van der Waals surface area contributed by atoms with E-state index in [1.807, 2.05) is 13.0 Å². The van der Waals surface area contributed by atoms with Crippen LogP contribution in [0.25, 0.3) is 0 Å². The fraction of sp³-hybridized carbons (Fsp3) is 0.385. The number of aryl methyl sites for hydroxylation is 1. The number of amides is 1. The molecule has 0 aromatic heterocycles. The number of carboxylic acid groups (broad SMARTS) is 1. The van der Waals surface area contributed by atoms with E-state index in [9.17, 15) is 9.59 Å². The second-order valence-electron chi connectivity index (χ2n) is 4.48. The summed E-state index contributed by atoms with van der Waals surface area (Å²) in [7, 11) is 0. The van der Waals surface area contributed by atoms with Crippen LogP contribution < -0.4 is 5.32 Å². The van der Waals surface area contributed by atoms with Gasteiger partial charge >= 0.3 is 5.97 Å². The summed E-state index contributed by atoms with van der Waals surface area (Å²) in [5.41, 5.74) is 1.73. The molecule has 6 heteroatoms. The van der Waals surface area contributed by atoms with Gasteiger partial charge in [0.1, 0.15) is 6.10 Å². The SMILES string of the molecule is Cc1ccc(NC(=O)[C@@H]2CC[C@H](C(=O)O)O2)cc1Br. The van der Waals surface area contributed by atoms with E-state index in [0.29, 0.717) is 18.5 Å². The average Bonchev–Trinajstić information content (AvgIpc) is 2.83. The van der Waals surface area contributed by atoms with Crippen LogP contribution in [0.1, 0.15) is 18.4 Å². The number of carbonyl (C=O) groups excluding carboxylic acids is 1. The predicted octanol–water partition coefficient (Wildman–Crippen LogP) is 2.33. The normalized spacial score (nSPS) is 22.2. The molecule has 2 N–H and O–H groups in total. The zero-order chi connectivity index (χ0) is 14.0. The van der Waals surface area contributed by atoms with Crippen LogP contribution in [0.5, 0.6) is 0 Å². The number of carboxylic acids is 1. The summed E-state index contributed by atoms with van der Waals surface area (Å²) in [5.74, 6) is -1.33. The Kier molecular flexibility index (Phi) is 4.21. The highest BCUT2D eigenvalue weighted by molar-refractivity contribution is 9.10. The van der Waals surface area contributed by atoms with Gasteiger partial charge in [-0.3, -0.25) is 4.79 Å². The Hall–Kier alpha value is -1.40. The molecule has 1 fully saturated rings. The van der Waals surface area contributed by atoms with E-state index >= 15 is 0 Å². The Bertz CT molecular complexity index is 517. The zero-order valence-electron chi connectivity index (χ0n) is 10.4. The summed E-state index contributed by atoms with van der Waals surface area (Å²) in [6.45, 7) is 1.95. The highest BCUT2D eigenvalue weighted by Crippen LogP contribution is 2.23. The lowest BCUT2D eigenvalue weighted by molar-refractivity contribution is -0.150. The standard InChI is InChI=1S/C13H14BrNO4/c1-7-2-3-8(6-9(7)14)15-12(16)10-4-5-11(19-10)13(17)18/h2-3,6,10-11H,4-5H2,1H3,(H,15,16)(H,17,18)/t10-,11+/m0/s1. The molecule has 1 aromatic rings. The largest absolute Gasteiger partial charge is 0.479 e. The Morgan fingerprint density at radius 1 is 1.37 bits per heavy atom. The Labute approximate surface area is 119 Å². The number of hydrogen-bond acceptors (Lipinski definition) is 3. The molecular formula is C13H14BrNO4. The van der Waals surface area contributed by atoms with Crippen molar-refractivity contribution in [1.29, 1.82) is 0 Å². The maximum atomic E-state index is 11.9. The van der Waals surface area contributed by atoms with Gasteiger partial charge in [0.25, 0.3) is 5.91 Å². The zero-order valence-corrected chi connectivity index (χ0v) is 11.9. The van der Waals surface area contributed by atoms with Gasteiger partial charge in [-0.05, 0) is 37.5 Å². The molecule has 1 aliphatic heterocycles. The van der Waals surface area contributed by atoms with E-state index in [-0.39, 0.29) is 5.91 Å². The number of hydrogen-bond donors (Lipinski definition) is 2. The number of nitrogens with one attached hydrogen (secondary N) is 1. The van der Waals surface area contributed by atoms with Gasteiger partial charge in [-0.15, -0.1) is 0 Å². The Morgan fingerprint density at radius 2 is 2.05 bits per heavy atom. The number of anilines is 1. The van der Waals surface area contributed by atoms with Crippen molar-refractivity contribution in [3.8, 4) is 0 Å². The van der Waals surface area contributed by atoms with Crippen LogP contribution in [0, 0.1) is 6.92 Å². The molecule has 0 spiro atoms. The van der Waals surface area contributed by atoms with Crippen LogP contribution in [0.4, 0.5) is 5.69 Å². The Morgan fingerprint density at radius 3 is 2.63 bits per heavy atom. The van der Waals surface area contributed by atoms with Crippen molar-refractivity contribution in [3.63, 3.8) is 0 Å². The third-order valence-corrected chi connectivity index (χ3v) is 3.88. The van der Waals surface area contributed by atoms with Gasteiger partial charge in [0.2, 0.25) is 0 Å². The molecule has 0 saturated carbocycles. The molecule has 1 aromatic carbocycles. The summed E-state index contributed by atoms with van der Waals surface area (Å²) in [6.07, 6.45) is -0.775. The van der Waals surface area contributed by atoms with Crippen LogP contribution in [0.2, 0.25) is 0 Å². The number of rotatable bonds is 3. The molecule has 0 aliphatic carbocycles. The third kappa shape index (κ3) is 3.33. The molecule has 0 unspecified atom stereocenters. The summed E-state index contributed by atoms with van der Waals surface area (Å²) in [6, 6.07) is 5.48. The summed E-state index contributed by atoms with van der Waals surface area (Å²) < 4.78 is 6.09. The monoisotopic (exact) mass is 327 g/mol. The Balaban J connectivity index is 1.98. The molecule has 102 valence electrons.